The fraction of sp³-hybridized carbons (Fsp3) is 0.316. The Hall–Kier alpha value is -1.46. The Labute approximate surface area is 168 Å². The number of anilines is 2. The van der Waals surface area contributed by atoms with Gasteiger partial charge in [-0.3, -0.25) is 4.79 Å². The number of rotatable bonds is 4. The maximum atomic E-state index is 12.4. The first-order valence-corrected chi connectivity index (χ1v) is 9.66. The van der Waals surface area contributed by atoms with Gasteiger partial charge in [0, 0.05) is 10.7 Å². The summed E-state index contributed by atoms with van der Waals surface area (Å²) in [7, 11) is 0. The standard InChI is InChI=1S/C19H20Cl3N3O/c1-13-5-6-16(21)19(18(13)22)23-17(26)12-24-7-9-25(10-8-24)15-4-2-3-14(20)11-15/h2-6,11H,7-10,12H2,1H3,(H,23,26)/p+1. The number of halogens is 3. The molecule has 0 atom stereocenters. The van der Waals surface area contributed by atoms with Gasteiger partial charge in [0.2, 0.25) is 0 Å². The van der Waals surface area contributed by atoms with E-state index in [0.29, 0.717) is 22.3 Å². The van der Waals surface area contributed by atoms with Gasteiger partial charge in [-0.1, -0.05) is 46.9 Å². The van der Waals surface area contributed by atoms with Gasteiger partial charge in [-0.15, -0.1) is 0 Å². The van der Waals surface area contributed by atoms with Crippen LogP contribution < -0.4 is 15.1 Å². The molecule has 4 nitrogen and oxygen atoms in total. The van der Waals surface area contributed by atoms with Crippen LogP contribution >= 0.6 is 34.8 Å². The quantitative estimate of drug-likeness (QED) is 0.807. The third-order valence-electron chi connectivity index (χ3n) is 4.60. The molecule has 138 valence electrons. The number of nitrogens with zero attached hydrogens (tertiary/aromatic N) is 1. The largest absolute Gasteiger partial charge is 0.360 e. The van der Waals surface area contributed by atoms with Gasteiger partial charge in [-0.05, 0) is 36.8 Å². The summed E-state index contributed by atoms with van der Waals surface area (Å²) in [6, 6.07) is 11.4. The van der Waals surface area contributed by atoms with Gasteiger partial charge < -0.3 is 15.1 Å². The van der Waals surface area contributed by atoms with Crippen LogP contribution in [0.25, 0.3) is 0 Å². The fourth-order valence-electron chi connectivity index (χ4n) is 3.11. The first kappa shape index (κ1) is 19.3. The lowest BCUT2D eigenvalue weighted by Crippen LogP contribution is -3.15. The number of benzene rings is 2. The molecule has 7 heteroatoms. The number of amides is 1. The van der Waals surface area contributed by atoms with Crippen molar-refractivity contribution in [2.45, 2.75) is 6.92 Å². The van der Waals surface area contributed by atoms with Crippen molar-refractivity contribution < 1.29 is 9.69 Å². The summed E-state index contributed by atoms with van der Waals surface area (Å²) in [5.74, 6) is -0.0781. The van der Waals surface area contributed by atoms with Crippen molar-refractivity contribution in [3.05, 3.63) is 57.0 Å². The monoisotopic (exact) mass is 412 g/mol. The molecule has 0 saturated carbocycles. The minimum Gasteiger partial charge on any atom is -0.360 e. The second-order valence-electron chi connectivity index (χ2n) is 6.50. The minimum atomic E-state index is -0.0781. The van der Waals surface area contributed by atoms with Crippen molar-refractivity contribution in [2.75, 3.05) is 42.9 Å². The number of quaternary nitrogens is 1. The summed E-state index contributed by atoms with van der Waals surface area (Å²) in [5, 5.41) is 4.55. The molecule has 0 spiro atoms. The summed E-state index contributed by atoms with van der Waals surface area (Å²) < 4.78 is 0. The molecule has 1 saturated heterocycles. The predicted octanol–water partition coefficient (Wildman–Crippen LogP) is 3.30. The normalized spacial score (nSPS) is 15.2. The van der Waals surface area contributed by atoms with E-state index in [-0.39, 0.29) is 5.91 Å². The molecule has 26 heavy (non-hydrogen) atoms. The number of nitrogens with one attached hydrogen (secondary N) is 2. The zero-order chi connectivity index (χ0) is 18.7. The molecule has 1 fully saturated rings. The maximum Gasteiger partial charge on any atom is 0.279 e. The fourth-order valence-corrected chi connectivity index (χ4v) is 3.76. The molecule has 2 aromatic rings. The average Bonchev–Trinajstić information content (AvgIpc) is 2.63. The number of hydrogen-bond acceptors (Lipinski definition) is 2. The Morgan fingerprint density at radius 1 is 1.15 bits per heavy atom. The summed E-state index contributed by atoms with van der Waals surface area (Å²) >= 11 is 18.5. The second-order valence-corrected chi connectivity index (χ2v) is 7.72. The smallest absolute Gasteiger partial charge is 0.279 e. The number of carbonyl (C=O) groups excluding carboxylic acids is 1. The van der Waals surface area contributed by atoms with Crippen molar-refractivity contribution in [2.24, 2.45) is 0 Å². The lowest BCUT2D eigenvalue weighted by atomic mass is 10.2. The van der Waals surface area contributed by atoms with E-state index in [1.54, 1.807) is 6.07 Å². The lowest BCUT2D eigenvalue weighted by molar-refractivity contribution is -0.892. The van der Waals surface area contributed by atoms with Crippen LogP contribution in [0.4, 0.5) is 11.4 Å². The third-order valence-corrected chi connectivity index (χ3v) is 5.64. The molecule has 0 aromatic heterocycles. The molecule has 1 amide bonds. The third kappa shape index (κ3) is 4.63. The molecule has 0 aliphatic carbocycles. The molecular formula is C19H21Cl3N3O+. The second kappa shape index (κ2) is 8.49. The molecule has 2 N–H and O–H groups in total. The summed E-state index contributed by atoms with van der Waals surface area (Å²) in [4.78, 5) is 15.9. The SMILES string of the molecule is Cc1ccc(Cl)c(NC(=O)C[NH+]2CCN(c3cccc(Cl)c3)CC2)c1Cl. The Morgan fingerprint density at radius 3 is 2.58 bits per heavy atom. The van der Waals surface area contributed by atoms with Crippen LogP contribution in [0.2, 0.25) is 15.1 Å². The maximum absolute atomic E-state index is 12.4. The van der Waals surface area contributed by atoms with Crippen LogP contribution in [0.3, 0.4) is 0 Å². The zero-order valence-corrected chi connectivity index (χ0v) is 16.8. The lowest BCUT2D eigenvalue weighted by Gasteiger charge is -2.33. The van der Waals surface area contributed by atoms with Gasteiger partial charge >= 0.3 is 0 Å². The Balaban J connectivity index is 1.55. The zero-order valence-electron chi connectivity index (χ0n) is 14.5. The molecule has 1 heterocycles. The van der Waals surface area contributed by atoms with Gasteiger partial charge in [0.15, 0.2) is 6.54 Å². The van der Waals surface area contributed by atoms with E-state index in [1.165, 1.54) is 4.90 Å². The highest BCUT2D eigenvalue weighted by Crippen LogP contribution is 2.32. The van der Waals surface area contributed by atoms with Crippen molar-refractivity contribution in [3.8, 4) is 0 Å². The Morgan fingerprint density at radius 2 is 1.88 bits per heavy atom. The van der Waals surface area contributed by atoms with Gasteiger partial charge in [0.1, 0.15) is 0 Å². The van der Waals surface area contributed by atoms with Crippen molar-refractivity contribution in [3.63, 3.8) is 0 Å². The topological polar surface area (TPSA) is 36.8 Å². The van der Waals surface area contributed by atoms with Crippen molar-refractivity contribution >= 4 is 52.1 Å². The highest BCUT2D eigenvalue weighted by atomic mass is 35.5. The molecule has 0 unspecified atom stereocenters. The van der Waals surface area contributed by atoms with E-state index in [2.05, 4.69) is 16.3 Å². The Bertz CT molecular complexity index is 805. The van der Waals surface area contributed by atoms with E-state index < -0.39 is 0 Å². The van der Waals surface area contributed by atoms with Crippen LogP contribution in [-0.2, 0) is 4.79 Å². The molecule has 3 rings (SSSR count). The highest BCUT2D eigenvalue weighted by Gasteiger charge is 2.23. The van der Waals surface area contributed by atoms with Crippen LogP contribution in [0, 0.1) is 6.92 Å². The summed E-state index contributed by atoms with van der Waals surface area (Å²) in [6.45, 7) is 5.81. The first-order valence-electron chi connectivity index (χ1n) is 8.52. The van der Waals surface area contributed by atoms with E-state index >= 15 is 0 Å². The molecule has 2 aromatic carbocycles. The summed E-state index contributed by atoms with van der Waals surface area (Å²) in [5.41, 5.74) is 2.50. The van der Waals surface area contributed by atoms with Crippen molar-refractivity contribution in [1.82, 2.24) is 0 Å². The average molecular weight is 414 g/mol. The minimum absolute atomic E-state index is 0.0781. The van der Waals surface area contributed by atoms with Gasteiger partial charge in [0.05, 0.1) is 41.9 Å². The molecular weight excluding hydrogens is 393 g/mol. The van der Waals surface area contributed by atoms with Gasteiger partial charge in [0.25, 0.3) is 5.91 Å². The summed E-state index contributed by atoms with van der Waals surface area (Å²) in [6.07, 6.45) is 0. The van der Waals surface area contributed by atoms with Gasteiger partial charge in [-0.2, -0.15) is 0 Å². The highest BCUT2D eigenvalue weighted by molar-refractivity contribution is 6.40. The molecule has 1 aliphatic rings. The van der Waals surface area contributed by atoms with Crippen LogP contribution in [0.15, 0.2) is 36.4 Å². The Kier molecular flexibility index (Phi) is 6.30. The van der Waals surface area contributed by atoms with Crippen molar-refractivity contribution in [1.29, 1.82) is 0 Å². The number of piperazine rings is 1. The van der Waals surface area contributed by atoms with Crippen LogP contribution in [0.5, 0.6) is 0 Å². The molecule has 0 bridgehead atoms. The van der Waals surface area contributed by atoms with Crippen LogP contribution in [0.1, 0.15) is 5.56 Å². The van der Waals surface area contributed by atoms with Crippen LogP contribution in [-0.4, -0.2) is 38.6 Å². The first-order chi connectivity index (χ1) is 12.4. The van der Waals surface area contributed by atoms with E-state index in [4.69, 9.17) is 34.8 Å². The predicted molar refractivity (Wildman–Crippen MR) is 109 cm³/mol. The number of aryl methyl sites for hydroxylation is 1. The van der Waals surface area contributed by atoms with E-state index in [0.717, 1.165) is 42.5 Å². The number of carbonyl (C=O) groups is 1. The van der Waals surface area contributed by atoms with E-state index in [9.17, 15) is 4.79 Å². The molecule has 0 radical (unpaired) electrons. The number of hydrogen-bond donors (Lipinski definition) is 2. The van der Waals surface area contributed by atoms with E-state index in [1.807, 2.05) is 31.2 Å². The van der Waals surface area contributed by atoms with Gasteiger partial charge in [-0.25, -0.2) is 0 Å². The molecule has 1 aliphatic heterocycles.